The van der Waals surface area contributed by atoms with Crippen LogP contribution in [0.15, 0.2) is 36.7 Å². The van der Waals surface area contributed by atoms with E-state index < -0.39 is 0 Å². The molecule has 0 aliphatic carbocycles. The van der Waals surface area contributed by atoms with Crippen molar-refractivity contribution in [2.24, 2.45) is 0 Å². The van der Waals surface area contributed by atoms with Gasteiger partial charge in [0.1, 0.15) is 5.82 Å². The summed E-state index contributed by atoms with van der Waals surface area (Å²) in [5.41, 5.74) is 3.53. The van der Waals surface area contributed by atoms with Gasteiger partial charge < -0.3 is 10.6 Å². The number of hydrogen-bond donors (Lipinski definition) is 2. The van der Waals surface area contributed by atoms with Crippen LogP contribution in [0.4, 0.5) is 15.8 Å². The number of nitrogens with one attached hydrogen (secondary N) is 2. The molecule has 100 valence electrons. The Bertz CT molecular complexity index is 567. The van der Waals surface area contributed by atoms with Crippen LogP contribution in [0.2, 0.25) is 0 Å². The highest BCUT2D eigenvalue weighted by Gasteiger charge is 2.11. The van der Waals surface area contributed by atoms with E-state index in [0.717, 1.165) is 22.5 Å². The van der Waals surface area contributed by atoms with E-state index in [1.807, 2.05) is 13.1 Å². The number of rotatable bonds is 4. The summed E-state index contributed by atoms with van der Waals surface area (Å²) in [5.74, 6) is -0.248. The Hall–Kier alpha value is -2.10. The molecule has 2 N–H and O–H groups in total. The first kappa shape index (κ1) is 13.3. The fourth-order valence-corrected chi connectivity index (χ4v) is 2.03. The molecule has 3 nitrogen and oxygen atoms in total. The van der Waals surface area contributed by atoms with Crippen molar-refractivity contribution >= 4 is 11.4 Å². The lowest BCUT2D eigenvalue weighted by atomic mass is 10.0. The number of nitrogens with zero attached hydrogens (tertiary/aromatic N) is 1. The topological polar surface area (TPSA) is 37.0 Å². The Morgan fingerprint density at radius 1 is 1.21 bits per heavy atom. The number of pyridine rings is 1. The van der Waals surface area contributed by atoms with Crippen LogP contribution in [0.5, 0.6) is 0 Å². The largest absolute Gasteiger partial charge is 0.386 e. The van der Waals surface area contributed by atoms with Crippen LogP contribution in [0.3, 0.4) is 0 Å². The molecule has 2 aromatic rings. The first-order valence-electron chi connectivity index (χ1n) is 6.30. The Kier molecular flexibility index (Phi) is 4.00. The maximum Gasteiger partial charge on any atom is 0.123 e. The summed E-state index contributed by atoms with van der Waals surface area (Å²) in [6.07, 6.45) is 3.51. The molecule has 0 saturated carbocycles. The third-order valence-electron chi connectivity index (χ3n) is 2.78. The highest BCUT2D eigenvalue weighted by atomic mass is 19.1. The van der Waals surface area contributed by atoms with Gasteiger partial charge in [-0.3, -0.25) is 4.98 Å². The second-order valence-electron chi connectivity index (χ2n) is 4.67. The molecule has 0 aliphatic heterocycles. The summed E-state index contributed by atoms with van der Waals surface area (Å²) in [6.45, 7) is 4.13. The number of halogens is 1. The third kappa shape index (κ3) is 3.02. The molecule has 1 heterocycles. The van der Waals surface area contributed by atoms with Crippen molar-refractivity contribution in [3.05, 3.63) is 42.5 Å². The summed E-state index contributed by atoms with van der Waals surface area (Å²) >= 11 is 0. The second kappa shape index (κ2) is 5.69. The van der Waals surface area contributed by atoms with Gasteiger partial charge in [-0.2, -0.15) is 0 Å². The van der Waals surface area contributed by atoms with Crippen molar-refractivity contribution in [1.82, 2.24) is 4.98 Å². The molecule has 0 unspecified atom stereocenters. The van der Waals surface area contributed by atoms with Crippen molar-refractivity contribution in [3.63, 3.8) is 0 Å². The smallest absolute Gasteiger partial charge is 0.123 e. The molecule has 0 aliphatic rings. The Morgan fingerprint density at radius 3 is 2.63 bits per heavy atom. The lowest BCUT2D eigenvalue weighted by Gasteiger charge is -2.17. The van der Waals surface area contributed by atoms with Gasteiger partial charge in [-0.15, -0.1) is 0 Å². The molecular weight excluding hydrogens is 241 g/mol. The standard InChI is InChI=1S/C15H18FN3/c1-10(2)19-14-9-18-8-13(15(14)17-3)11-5-4-6-12(16)7-11/h4-10,19H,1-3H3,(H,17,18). The zero-order chi connectivity index (χ0) is 13.8. The van der Waals surface area contributed by atoms with E-state index in [4.69, 9.17) is 0 Å². The van der Waals surface area contributed by atoms with Gasteiger partial charge in [0.15, 0.2) is 0 Å². The number of aromatic nitrogens is 1. The SMILES string of the molecule is CNc1c(NC(C)C)cncc1-c1cccc(F)c1. The molecule has 19 heavy (non-hydrogen) atoms. The molecule has 0 spiro atoms. The first-order valence-corrected chi connectivity index (χ1v) is 6.30. The molecule has 4 heteroatoms. The van der Waals surface area contributed by atoms with Crippen LogP contribution >= 0.6 is 0 Å². The highest BCUT2D eigenvalue weighted by molar-refractivity contribution is 5.86. The predicted molar refractivity (Wildman–Crippen MR) is 77.9 cm³/mol. The van der Waals surface area contributed by atoms with Crippen molar-refractivity contribution in [3.8, 4) is 11.1 Å². The van der Waals surface area contributed by atoms with Crippen LogP contribution in [-0.2, 0) is 0 Å². The van der Waals surface area contributed by atoms with E-state index in [1.54, 1.807) is 18.5 Å². The van der Waals surface area contributed by atoms with Gasteiger partial charge in [0.05, 0.1) is 17.6 Å². The van der Waals surface area contributed by atoms with Crippen LogP contribution in [0.1, 0.15) is 13.8 Å². The lowest BCUT2D eigenvalue weighted by Crippen LogP contribution is -2.12. The Balaban J connectivity index is 2.51. The minimum absolute atomic E-state index is 0.248. The Labute approximate surface area is 112 Å². The maximum absolute atomic E-state index is 13.3. The Morgan fingerprint density at radius 2 is 2.00 bits per heavy atom. The van der Waals surface area contributed by atoms with Gasteiger partial charge in [0.25, 0.3) is 0 Å². The monoisotopic (exact) mass is 259 g/mol. The highest BCUT2D eigenvalue weighted by Crippen LogP contribution is 2.33. The van der Waals surface area contributed by atoms with Crippen molar-refractivity contribution < 1.29 is 4.39 Å². The summed E-state index contributed by atoms with van der Waals surface area (Å²) in [6, 6.07) is 6.83. The number of anilines is 2. The summed E-state index contributed by atoms with van der Waals surface area (Å²) in [5, 5.41) is 6.49. The van der Waals surface area contributed by atoms with Gasteiger partial charge in [-0.1, -0.05) is 12.1 Å². The van der Waals surface area contributed by atoms with E-state index in [9.17, 15) is 4.39 Å². The second-order valence-corrected chi connectivity index (χ2v) is 4.67. The lowest BCUT2D eigenvalue weighted by molar-refractivity contribution is 0.628. The van der Waals surface area contributed by atoms with Gasteiger partial charge >= 0.3 is 0 Å². The molecule has 0 amide bonds. The molecular formula is C15H18FN3. The fourth-order valence-electron chi connectivity index (χ4n) is 2.03. The molecule has 2 rings (SSSR count). The van der Waals surface area contributed by atoms with Crippen molar-refractivity contribution in [1.29, 1.82) is 0 Å². The number of hydrogen-bond acceptors (Lipinski definition) is 3. The molecule has 0 bridgehead atoms. The zero-order valence-corrected chi connectivity index (χ0v) is 11.4. The molecule has 0 fully saturated rings. The van der Waals surface area contributed by atoms with Gasteiger partial charge in [-0.25, -0.2) is 4.39 Å². The van der Waals surface area contributed by atoms with E-state index in [-0.39, 0.29) is 5.82 Å². The van der Waals surface area contributed by atoms with Crippen LogP contribution in [-0.4, -0.2) is 18.1 Å². The summed E-state index contributed by atoms with van der Waals surface area (Å²) in [4.78, 5) is 4.23. The molecule has 0 radical (unpaired) electrons. The summed E-state index contributed by atoms with van der Waals surface area (Å²) in [7, 11) is 1.85. The first-order chi connectivity index (χ1) is 9.11. The van der Waals surface area contributed by atoms with Crippen LogP contribution in [0.25, 0.3) is 11.1 Å². The van der Waals surface area contributed by atoms with E-state index in [0.29, 0.717) is 6.04 Å². The molecule has 0 atom stereocenters. The van der Waals surface area contributed by atoms with Crippen LogP contribution in [0, 0.1) is 5.82 Å². The fraction of sp³-hybridized carbons (Fsp3) is 0.267. The zero-order valence-electron chi connectivity index (χ0n) is 11.4. The summed E-state index contributed by atoms with van der Waals surface area (Å²) < 4.78 is 13.3. The average Bonchev–Trinajstić information content (AvgIpc) is 2.37. The van der Waals surface area contributed by atoms with E-state index >= 15 is 0 Å². The minimum Gasteiger partial charge on any atom is -0.386 e. The average molecular weight is 259 g/mol. The van der Waals surface area contributed by atoms with Gasteiger partial charge in [0, 0.05) is 24.8 Å². The van der Waals surface area contributed by atoms with E-state index in [1.165, 1.54) is 12.1 Å². The normalized spacial score (nSPS) is 10.6. The van der Waals surface area contributed by atoms with E-state index in [2.05, 4.69) is 29.5 Å². The maximum atomic E-state index is 13.3. The third-order valence-corrected chi connectivity index (χ3v) is 2.78. The molecule has 1 aromatic heterocycles. The predicted octanol–water partition coefficient (Wildman–Crippen LogP) is 3.75. The van der Waals surface area contributed by atoms with Crippen LogP contribution < -0.4 is 10.6 Å². The van der Waals surface area contributed by atoms with Crippen molar-refractivity contribution in [2.45, 2.75) is 19.9 Å². The van der Waals surface area contributed by atoms with Gasteiger partial charge in [-0.05, 0) is 31.5 Å². The minimum atomic E-state index is -0.248. The van der Waals surface area contributed by atoms with Gasteiger partial charge in [0.2, 0.25) is 0 Å². The molecule has 0 saturated heterocycles. The van der Waals surface area contributed by atoms with Crippen molar-refractivity contribution in [2.75, 3.05) is 17.7 Å². The number of benzene rings is 1. The quantitative estimate of drug-likeness (QED) is 0.878. The molecule has 1 aromatic carbocycles.